The predicted molar refractivity (Wildman–Crippen MR) is 101 cm³/mol. The summed E-state index contributed by atoms with van der Waals surface area (Å²) in [5.41, 5.74) is 4.21. The largest absolute Gasteiger partial charge is 0.368 e. The molecule has 1 aliphatic heterocycles. The third-order valence-electron chi connectivity index (χ3n) is 5.06. The van der Waals surface area contributed by atoms with E-state index in [-0.39, 0.29) is 11.9 Å². The van der Waals surface area contributed by atoms with Gasteiger partial charge in [0.2, 0.25) is 0 Å². The third-order valence-corrected chi connectivity index (χ3v) is 5.06. The first-order chi connectivity index (χ1) is 12.0. The second kappa shape index (κ2) is 7.30. The standard InChI is InChI=1S/C20H28N4O/c1-5-10-24-17(4)19(13-21-24)20(25)23-12-11-22(14-16(23)3)18-8-6-15(2)7-9-18/h6-9,13,16H,5,10-12,14H2,1-4H3/t16-/m1/s1. The molecule has 0 radical (unpaired) electrons. The van der Waals surface area contributed by atoms with Crippen LogP contribution < -0.4 is 4.90 Å². The van der Waals surface area contributed by atoms with Crippen LogP contribution in [-0.4, -0.2) is 46.3 Å². The van der Waals surface area contributed by atoms with Crippen molar-refractivity contribution < 1.29 is 4.79 Å². The van der Waals surface area contributed by atoms with E-state index in [0.717, 1.165) is 43.9 Å². The van der Waals surface area contributed by atoms with Gasteiger partial charge in [0.25, 0.3) is 5.91 Å². The van der Waals surface area contributed by atoms with Crippen LogP contribution in [0.15, 0.2) is 30.5 Å². The third kappa shape index (κ3) is 3.55. The topological polar surface area (TPSA) is 41.4 Å². The van der Waals surface area contributed by atoms with Gasteiger partial charge in [-0.1, -0.05) is 24.6 Å². The van der Waals surface area contributed by atoms with E-state index in [2.05, 4.69) is 55.0 Å². The van der Waals surface area contributed by atoms with Gasteiger partial charge in [-0.05, 0) is 39.3 Å². The quantitative estimate of drug-likeness (QED) is 0.858. The summed E-state index contributed by atoms with van der Waals surface area (Å²) in [7, 11) is 0. The number of piperazine rings is 1. The molecule has 0 N–H and O–H groups in total. The van der Waals surface area contributed by atoms with Gasteiger partial charge < -0.3 is 9.80 Å². The summed E-state index contributed by atoms with van der Waals surface area (Å²) in [6.07, 6.45) is 2.74. The fraction of sp³-hybridized carbons (Fsp3) is 0.500. The second-order valence-electron chi connectivity index (χ2n) is 7.00. The number of benzene rings is 1. The van der Waals surface area contributed by atoms with E-state index in [0.29, 0.717) is 0 Å². The van der Waals surface area contributed by atoms with Gasteiger partial charge in [0.05, 0.1) is 11.8 Å². The molecule has 5 nitrogen and oxygen atoms in total. The second-order valence-corrected chi connectivity index (χ2v) is 7.00. The van der Waals surface area contributed by atoms with Crippen molar-refractivity contribution >= 4 is 11.6 Å². The van der Waals surface area contributed by atoms with Gasteiger partial charge in [-0.25, -0.2) is 0 Å². The summed E-state index contributed by atoms with van der Waals surface area (Å²) in [5, 5.41) is 4.38. The molecule has 5 heteroatoms. The summed E-state index contributed by atoms with van der Waals surface area (Å²) in [6, 6.07) is 8.79. The monoisotopic (exact) mass is 340 g/mol. The lowest BCUT2D eigenvalue weighted by Crippen LogP contribution is -2.54. The van der Waals surface area contributed by atoms with Crippen LogP contribution in [0.25, 0.3) is 0 Å². The zero-order valence-electron chi connectivity index (χ0n) is 15.7. The van der Waals surface area contributed by atoms with Crippen LogP contribution in [0.1, 0.15) is 41.9 Å². The number of hydrogen-bond donors (Lipinski definition) is 0. The smallest absolute Gasteiger partial charge is 0.257 e. The Balaban J connectivity index is 1.70. The van der Waals surface area contributed by atoms with E-state index in [1.54, 1.807) is 6.20 Å². The Labute approximate surface area is 150 Å². The van der Waals surface area contributed by atoms with Crippen molar-refractivity contribution in [3.8, 4) is 0 Å². The van der Waals surface area contributed by atoms with Gasteiger partial charge >= 0.3 is 0 Å². The number of anilines is 1. The van der Waals surface area contributed by atoms with Gasteiger partial charge in [-0.15, -0.1) is 0 Å². The molecular formula is C20H28N4O. The normalized spacial score (nSPS) is 17.8. The molecule has 1 atom stereocenters. The summed E-state index contributed by atoms with van der Waals surface area (Å²) < 4.78 is 1.93. The fourth-order valence-electron chi connectivity index (χ4n) is 3.50. The first-order valence-electron chi connectivity index (χ1n) is 9.16. The highest BCUT2D eigenvalue weighted by molar-refractivity contribution is 5.95. The van der Waals surface area contributed by atoms with Crippen LogP contribution in [-0.2, 0) is 6.54 Å². The molecule has 0 bridgehead atoms. The Morgan fingerprint density at radius 1 is 1.20 bits per heavy atom. The Morgan fingerprint density at radius 3 is 2.56 bits per heavy atom. The van der Waals surface area contributed by atoms with Crippen molar-refractivity contribution in [1.29, 1.82) is 0 Å². The van der Waals surface area contributed by atoms with Gasteiger partial charge in [-0.3, -0.25) is 9.48 Å². The Morgan fingerprint density at radius 2 is 1.92 bits per heavy atom. The first-order valence-corrected chi connectivity index (χ1v) is 9.16. The molecule has 1 aromatic carbocycles. The lowest BCUT2D eigenvalue weighted by atomic mass is 10.1. The van der Waals surface area contributed by atoms with Crippen molar-refractivity contribution in [2.24, 2.45) is 0 Å². The molecule has 2 heterocycles. The lowest BCUT2D eigenvalue weighted by molar-refractivity contribution is 0.0673. The van der Waals surface area contributed by atoms with Crippen molar-refractivity contribution in [2.75, 3.05) is 24.5 Å². The van der Waals surface area contributed by atoms with E-state index in [9.17, 15) is 4.79 Å². The van der Waals surface area contributed by atoms with Gasteiger partial charge in [0, 0.05) is 43.6 Å². The average molecular weight is 340 g/mol. The molecule has 25 heavy (non-hydrogen) atoms. The van der Waals surface area contributed by atoms with Crippen LogP contribution in [0.2, 0.25) is 0 Å². The van der Waals surface area contributed by atoms with E-state index in [1.165, 1.54) is 11.3 Å². The minimum absolute atomic E-state index is 0.107. The Hall–Kier alpha value is -2.30. The maximum absolute atomic E-state index is 13.0. The lowest BCUT2D eigenvalue weighted by Gasteiger charge is -2.41. The van der Waals surface area contributed by atoms with E-state index in [4.69, 9.17) is 0 Å². The molecule has 1 fully saturated rings. The number of aromatic nitrogens is 2. The number of aryl methyl sites for hydroxylation is 2. The zero-order chi connectivity index (χ0) is 18.0. The van der Waals surface area contributed by atoms with Crippen LogP contribution >= 0.6 is 0 Å². The van der Waals surface area contributed by atoms with Crippen LogP contribution in [0.4, 0.5) is 5.69 Å². The first kappa shape index (κ1) is 17.5. The number of carbonyl (C=O) groups is 1. The number of amides is 1. The average Bonchev–Trinajstić information content (AvgIpc) is 2.96. The molecule has 1 amide bonds. The maximum Gasteiger partial charge on any atom is 0.257 e. The fourth-order valence-corrected chi connectivity index (χ4v) is 3.50. The van der Waals surface area contributed by atoms with E-state index >= 15 is 0 Å². The Bertz CT molecular complexity index is 735. The van der Waals surface area contributed by atoms with Crippen molar-refractivity contribution in [3.63, 3.8) is 0 Å². The maximum atomic E-state index is 13.0. The molecule has 134 valence electrons. The number of carbonyl (C=O) groups excluding carboxylic acids is 1. The molecule has 1 aliphatic rings. The van der Waals surface area contributed by atoms with E-state index < -0.39 is 0 Å². The molecular weight excluding hydrogens is 312 g/mol. The van der Waals surface area contributed by atoms with Gasteiger partial charge in [0.1, 0.15) is 0 Å². The minimum Gasteiger partial charge on any atom is -0.368 e. The molecule has 2 aromatic rings. The van der Waals surface area contributed by atoms with E-state index in [1.807, 2.05) is 16.5 Å². The molecule has 0 saturated carbocycles. The number of rotatable bonds is 4. The summed E-state index contributed by atoms with van der Waals surface area (Å²) >= 11 is 0. The summed E-state index contributed by atoms with van der Waals surface area (Å²) in [6.45, 7) is 11.7. The predicted octanol–water partition coefficient (Wildman–Crippen LogP) is 3.26. The van der Waals surface area contributed by atoms with Crippen molar-refractivity contribution in [2.45, 2.75) is 46.7 Å². The van der Waals surface area contributed by atoms with Gasteiger partial charge in [0.15, 0.2) is 0 Å². The molecule has 0 unspecified atom stereocenters. The minimum atomic E-state index is 0.107. The van der Waals surface area contributed by atoms with Crippen LogP contribution in [0, 0.1) is 13.8 Å². The summed E-state index contributed by atoms with van der Waals surface area (Å²) in [5.74, 6) is 0.107. The summed E-state index contributed by atoms with van der Waals surface area (Å²) in [4.78, 5) is 17.3. The zero-order valence-corrected chi connectivity index (χ0v) is 15.7. The number of nitrogens with zero attached hydrogens (tertiary/aromatic N) is 4. The highest BCUT2D eigenvalue weighted by atomic mass is 16.2. The Kier molecular flexibility index (Phi) is 5.11. The molecule has 1 aromatic heterocycles. The van der Waals surface area contributed by atoms with Crippen molar-refractivity contribution in [1.82, 2.24) is 14.7 Å². The van der Waals surface area contributed by atoms with Crippen LogP contribution in [0.5, 0.6) is 0 Å². The van der Waals surface area contributed by atoms with Gasteiger partial charge in [-0.2, -0.15) is 5.10 Å². The highest BCUT2D eigenvalue weighted by Crippen LogP contribution is 2.22. The number of hydrogen-bond acceptors (Lipinski definition) is 3. The molecule has 0 spiro atoms. The molecule has 3 rings (SSSR count). The van der Waals surface area contributed by atoms with Crippen molar-refractivity contribution in [3.05, 3.63) is 47.3 Å². The van der Waals surface area contributed by atoms with Crippen LogP contribution in [0.3, 0.4) is 0 Å². The highest BCUT2D eigenvalue weighted by Gasteiger charge is 2.30. The molecule has 1 saturated heterocycles. The SMILES string of the molecule is CCCn1ncc(C(=O)N2CCN(c3ccc(C)cc3)C[C@H]2C)c1C. The molecule has 0 aliphatic carbocycles.